The third-order valence-electron chi connectivity index (χ3n) is 5.49. The van der Waals surface area contributed by atoms with Gasteiger partial charge in [-0.3, -0.25) is 4.79 Å². The molecule has 0 radical (unpaired) electrons. The van der Waals surface area contributed by atoms with Crippen molar-refractivity contribution in [1.82, 2.24) is 24.6 Å². The fourth-order valence-corrected chi connectivity index (χ4v) is 3.82. The minimum Gasteiger partial charge on any atom is -0.383 e. The van der Waals surface area contributed by atoms with Crippen molar-refractivity contribution in [1.29, 1.82) is 0 Å². The summed E-state index contributed by atoms with van der Waals surface area (Å²) in [5.74, 6) is 4.60. The molecule has 29 heavy (non-hydrogen) atoms. The number of imidazole rings is 1. The second kappa shape index (κ2) is 6.60. The van der Waals surface area contributed by atoms with Gasteiger partial charge in [-0.25, -0.2) is 14.1 Å². The number of aromatic nitrogens is 4. The number of hydrogen-bond donors (Lipinski definition) is 3. The van der Waals surface area contributed by atoms with Crippen LogP contribution in [0, 0.1) is 17.7 Å². The molecule has 1 aliphatic heterocycles. The fourth-order valence-electron chi connectivity index (χ4n) is 3.82. The number of carbonyl (C=O) groups excluding carboxylic acids is 1. The number of hydrogen-bond acceptors (Lipinski definition) is 5. The van der Waals surface area contributed by atoms with E-state index in [1.165, 1.54) is 6.07 Å². The van der Waals surface area contributed by atoms with Gasteiger partial charge in [-0.15, -0.1) is 0 Å². The highest BCUT2D eigenvalue weighted by Crippen LogP contribution is 2.37. The molecule has 5 rings (SSSR count). The van der Waals surface area contributed by atoms with Gasteiger partial charge in [0.05, 0.1) is 29.0 Å². The van der Waals surface area contributed by atoms with E-state index in [9.17, 15) is 9.18 Å². The lowest BCUT2D eigenvalue weighted by atomic mass is 10.1. The normalized spacial score (nSPS) is 18.7. The fraction of sp³-hybridized carbons (Fsp3) is 0.350. The van der Waals surface area contributed by atoms with Crippen LogP contribution >= 0.6 is 0 Å². The van der Waals surface area contributed by atoms with E-state index in [4.69, 9.17) is 11.5 Å². The monoisotopic (exact) mass is 393 g/mol. The average molecular weight is 393 g/mol. The number of benzene rings is 1. The van der Waals surface area contributed by atoms with E-state index in [-0.39, 0.29) is 28.7 Å². The van der Waals surface area contributed by atoms with E-state index in [1.54, 1.807) is 17.1 Å². The maximum absolute atomic E-state index is 14.7. The number of nitrogens with zero attached hydrogens (tertiary/aromatic N) is 4. The molecule has 1 amide bonds. The summed E-state index contributed by atoms with van der Waals surface area (Å²) in [6.07, 6.45) is 4.75. The maximum Gasteiger partial charge on any atom is 0.255 e. The molecule has 1 aromatic carbocycles. The topological polar surface area (TPSA) is 117 Å². The number of carbonyl (C=O) groups is 1. The van der Waals surface area contributed by atoms with Crippen molar-refractivity contribution in [2.45, 2.75) is 31.3 Å². The van der Waals surface area contributed by atoms with Crippen molar-refractivity contribution in [2.75, 3.05) is 18.8 Å². The molecule has 2 aromatic heterocycles. The number of anilines is 1. The number of nitrogen functional groups attached to an aromatic ring is 1. The molecule has 9 heteroatoms. The predicted molar refractivity (Wildman–Crippen MR) is 106 cm³/mol. The van der Waals surface area contributed by atoms with Crippen molar-refractivity contribution < 1.29 is 9.18 Å². The summed E-state index contributed by atoms with van der Waals surface area (Å²) in [7, 11) is 0. The first-order chi connectivity index (χ1) is 14.0. The zero-order valence-electron chi connectivity index (χ0n) is 15.7. The SMILES string of the molecule is NC(=O)c1c(C#Cc2cc3ncn(C4CC4)c3cc2F)nn(C2CCNC2)c1N. The summed E-state index contributed by atoms with van der Waals surface area (Å²) in [6.45, 7) is 1.54. The minimum atomic E-state index is -0.705. The second-order valence-corrected chi connectivity index (χ2v) is 7.52. The predicted octanol–water partition coefficient (Wildman–Crippen LogP) is 1.32. The Morgan fingerprint density at radius 3 is 2.76 bits per heavy atom. The standard InChI is InChI=1S/C20H20FN7O/c21-14-8-17-16(25-10-27(17)12-2-3-12)7-11(14)1-4-15-18(20(23)29)19(22)28(26-15)13-5-6-24-9-13/h7-8,10,12-13,24H,2-3,5-6,9,22H2,(H2,23,29). The molecule has 1 aliphatic carbocycles. The van der Waals surface area contributed by atoms with E-state index in [1.807, 2.05) is 4.57 Å². The number of nitrogens with two attached hydrogens (primary N) is 2. The molecule has 1 atom stereocenters. The molecule has 8 nitrogen and oxygen atoms in total. The number of halogens is 1. The molecular formula is C20H20FN7O. The molecule has 3 aromatic rings. The van der Waals surface area contributed by atoms with Gasteiger partial charge in [0.2, 0.25) is 0 Å². The highest BCUT2D eigenvalue weighted by Gasteiger charge is 2.26. The second-order valence-electron chi connectivity index (χ2n) is 7.52. The average Bonchev–Trinajstić information content (AvgIpc) is 3.10. The summed E-state index contributed by atoms with van der Waals surface area (Å²) in [5, 5.41) is 7.62. The molecule has 148 valence electrons. The van der Waals surface area contributed by atoms with E-state index in [0.29, 0.717) is 18.1 Å². The zero-order valence-corrected chi connectivity index (χ0v) is 15.7. The smallest absolute Gasteiger partial charge is 0.255 e. The van der Waals surface area contributed by atoms with Crippen LogP contribution in [0.4, 0.5) is 10.2 Å². The Bertz CT molecular complexity index is 1190. The van der Waals surface area contributed by atoms with Gasteiger partial charge < -0.3 is 21.4 Å². The van der Waals surface area contributed by atoms with Crippen LogP contribution in [0.3, 0.4) is 0 Å². The first-order valence-electron chi connectivity index (χ1n) is 9.59. The van der Waals surface area contributed by atoms with Crippen LogP contribution in [0.25, 0.3) is 11.0 Å². The first kappa shape index (κ1) is 17.7. The number of amides is 1. The van der Waals surface area contributed by atoms with E-state index >= 15 is 0 Å². The highest BCUT2D eigenvalue weighted by molar-refractivity contribution is 5.99. The third kappa shape index (κ3) is 3.02. The van der Waals surface area contributed by atoms with Crippen LogP contribution < -0.4 is 16.8 Å². The van der Waals surface area contributed by atoms with Crippen LogP contribution in [0.1, 0.15) is 53.0 Å². The molecule has 1 saturated carbocycles. The Kier molecular flexibility index (Phi) is 4.03. The molecule has 1 saturated heterocycles. The van der Waals surface area contributed by atoms with Crippen molar-refractivity contribution >= 4 is 22.8 Å². The van der Waals surface area contributed by atoms with Crippen molar-refractivity contribution in [3.8, 4) is 11.8 Å². The van der Waals surface area contributed by atoms with Gasteiger partial charge in [-0.2, -0.15) is 5.10 Å². The van der Waals surface area contributed by atoms with E-state index in [2.05, 4.69) is 27.2 Å². The zero-order chi connectivity index (χ0) is 20.1. The third-order valence-corrected chi connectivity index (χ3v) is 5.49. The largest absolute Gasteiger partial charge is 0.383 e. The summed E-state index contributed by atoms with van der Waals surface area (Å²) in [5.41, 5.74) is 13.5. The van der Waals surface area contributed by atoms with E-state index in [0.717, 1.165) is 31.3 Å². The first-order valence-corrected chi connectivity index (χ1v) is 9.59. The molecule has 1 unspecified atom stereocenters. The van der Waals surface area contributed by atoms with Gasteiger partial charge in [0.1, 0.15) is 17.2 Å². The van der Waals surface area contributed by atoms with Gasteiger partial charge in [0.25, 0.3) is 5.91 Å². The Balaban J connectivity index is 1.55. The van der Waals surface area contributed by atoms with Crippen LogP contribution in [0.5, 0.6) is 0 Å². The Hall–Kier alpha value is -3.38. The maximum atomic E-state index is 14.7. The number of primary amides is 1. The van der Waals surface area contributed by atoms with Crippen LogP contribution in [-0.4, -0.2) is 38.3 Å². The van der Waals surface area contributed by atoms with Gasteiger partial charge in [0, 0.05) is 18.7 Å². The molecule has 2 fully saturated rings. The molecule has 2 aliphatic rings. The lowest BCUT2D eigenvalue weighted by Gasteiger charge is -2.10. The lowest BCUT2D eigenvalue weighted by molar-refractivity contribution is 0.100. The number of rotatable bonds is 3. The van der Waals surface area contributed by atoms with Crippen molar-refractivity contribution in [2.24, 2.45) is 5.73 Å². The quantitative estimate of drug-likeness (QED) is 0.580. The number of fused-ring (bicyclic) bond motifs is 1. The van der Waals surface area contributed by atoms with Crippen molar-refractivity contribution in [3.63, 3.8) is 0 Å². The van der Waals surface area contributed by atoms with Crippen LogP contribution in [0.2, 0.25) is 0 Å². The molecule has 0 bridgehead atoms. The number of nitrogens with one attached hydrogen (secondary N) is 1. The van der Waals surface area contributed by atoms with Crippen LogP contribution in [-0.2, 0) is 0 Å². The lowest BCUT2D eigenvalue weighted by Crippen LogP contribution is -2.18. The molecule has 5 N–H and O–H groups in total. The van der Waals surface area contributed by atoms with Gasteiger partial charge >= 0.3 is 0 Å². The van der Waals surface area contributed by atoms with Gasteiger partial charge in [-0.05, 0) is 37.8 Å². The summed E-state index contributed by atoms with van der Waals surface area (Å²) in [6, 6.07) is 3.51. The van der Waals surface area contributed by atoms with E-state index < -0.39 is 11.7 Å². The summed E-state index contributed by atoms with van der Waals surface area (Å²) >= 11 is 0. The Morgan fingerprint density at radius 1 is 1.24 bits per heavy atom. The van der Waals surface area contributed by atoms with Gasteiger partial charge in [-0.1, -0.05) is 5.92 Å². The van der Waals surface area contributed by atoms with Crippen molar-refractivity contribution in [3.05, 3.63) is 41.1 Å². The van der Waals surface area contributed by atoms with Gasteiger partial charge in [0.15, 0.2) is 5.69 Å². The highest BCUT2D eigenvalue weighted by atomic mass is 19.1. The summed E-state index contributed by atoms with van der Waals surface area (Å²) in [4.78, 5) is 16.3. The molecule has 3 heterocycles. The summed E-state index contributed by atoms with van der Waals surface area (Å²) < 4.78 is 18.2. The minimum absolute atomic E-state index is 0.0307. The molecule has 0 spiro atoms. The van der Waals surface area contributed by atoms with Crippen LogP contribution in [0.15, 0.2) is 18.5 Å². The molecular weight excluding hydrogens is 373 g/mol. The Labute approximate surface area is 166 Å². The Morgan fingerprint density at radius 2 is 2.07 bits per heavy atom.